The number of benzene rings is 1. The maximum Gasteiger partial charge on any atom is 0.168 e. The van der Waals surface area contributed by atoms with Crippen LogP contribution in [0.15, 0.2) is 29.6 Å². The summed E-state index contributed by atoms with van der Waals surface area (Å²) in [6.07, 6.45) is 1.69. The first-order valence-electron chi connectivity index (χ1n) is 4.67. The molecule has 0 aliphatic carbocycles. The average Bonchev–Trinajstić information content (AvgIpc) is 2.67. The van der Waals surface area contributed by atoms with Crippen LogP contribution in [0.4, 0.5) is 0 Å². The minimum absolute atomic E-state index is 0.158. The van der Waals surface area contributed by atoms with Gasteiger partial charge in [0.1, 0.15) is 0 Å². The molecule has 16 heavy (non-hydrogen) atoms. The molecule has 0 saturated heterocycles. The van der Waals surface area contributed by atoms with Crippen molar-refractivity contribution in [3.63, 3.8) is 0 Å². The molecule has 0 bridgehead atoms. The van der Waals surface area contributed by atoms with Gasteiger partial charge in [-0.2, -0.15) is 0 Å². The van der Waals surface area contributed by atoms with Crippen LogP contribution in [0.1, 0.15) is 10.4 Å². The first-order valence-corrected chi connectivity index (χ1v) is 4.67. The van der Waals surface area contributed by atoms with Crippen LogP contribution in [0.3, 0.4) is 0 Å². The molecule has 0 aliphatic heterocycles. The molecule has 1 aromatic carbocycles. The summed E-state index contributed by atoms with van der Waals surface area (Å²) in [4.78, 5) is 18.3. The van der Waals surface area contributed by atoms with Crippen LogP contribution in [0.5, 0.6) is 0 Å². The topological polar surface area (TPSA) is 83.7 Å². The molecular formula is C10H9N5O. The Morgan fingerprint density at radius 1 is 1.62 bits per heavy atom. The van der Waals surface area contributed by atoms with E-state index >= 15 is 0 Å². The largest absolute Gasteiger partial charge is 0.334 e. The number of nitrogens with zero attached hydrogens (tertiary/aromatic N) is 5. The number of fused-ring (bicyclic) bond motifs is 1. The first-order chi connectivity index (χ1) is 7.72. The number of Topliss-reactive ketones (excluding diaryl/α,β-unsaturated/α-hetero) is 1. The van der Waals surface area contributed by atoms with Gasteiger partial charge >= 0.3 is 0 Å². The third-order valence-corrected chi connectivity index (χ3v) is 2.32. The van der Waals surface area contributed by atoms with E-state index in [-0.39, 0.29) is 12.3 Å². The SMILES string of the molecule is Cn1cnc2cc(C(=O)CN=[N+]=[N-])ccc21. The molecule has 0 spiro atoms. The van der Waals surface area contributed by atoms with Crippen LogP contribution in [0, 0.1) is 0 Å². The Morgan fingerprint density at radius 2 is 2.44 bits per heavy atom. The number of aryl methyl sites for hydroxylation is 1. The second kappa shape index (κ2) is 4.04. The van der Waals surface area contributed by atoms with Crippen molar-refractivity contribution in [3.8, 4) is 0 Å². The molecule has 6 heteroatoms. The highest BCUT2D eigenvalue weighted by Gasteiger charge is 2.07. The molecule has 0 amide bonds. The van der Waals surface area contributed by atoms with Gasteiger partial charge in [-0.3, -0.25) is 4.79 Å². The maximum absolute atomic E-state index is 11.6. The van der Waals surface area contributed by atoms with Crippen molar-refractivity contribution in [1.82, 2.24) is 9.55 Å². The van der Waals surface area contributed by atoms with Crippen LogP contribution < -0.4 is 0 Å². The molecule has 2 aromatic rings. The highest BCUT2D eigenvalue weighted by molar-refractivity contribution is 6.00. The molecule has 0 fully saturated rings. The van der Waals surface area contributed by atoms with Crippen molar-refractivity contribution in [2.75, 3.05) is 6.54 Å². The van der Waals surface area contributed by atoms with E-state index in [0.717, 1.165) is 11.0 Å². The van der Waals surface area contributed by atoms with E-state index in [4.69, 9.17) is 5.53 Å². The van der Waals surface area contributed by atoms with E-state index in [1.807, 2.05) is 17.7 Å². The van der Waals surface area contributed by atoms with Gasteiger partial charge in [0.2, 0.25) is 0 Å². The predicted octanol–water partition coefficient (Wildman–Crippen LogP) is 2.07. The number of carbonyl (C=O) groups excluding carboxylic acids is 1. The number of rotatable bonds is 3. The standard InChI is InChI=1S/C10H9N5O/c1-15-6-12-8-4-7(2-3-9(8)15)10(16)5-13-14-11/h2-4,6H,5H2,1H3. The van der Waals surface area contributed by atoms with Crippen molar-refractivity contribution in [2.45, 2.75) is 0 Å². The molecule has 80 valence electrons. The summed E-state index contributed by atoms with van der Waals surface area (Å²) in [6.45, 7) is -0.158. The van der Waals surface area contributed by atoms with Crippen molar-refractivity contribution in [1.29, 1.82) is 0 Å². The van der Waals surface area contributed by atoms with Crippen LogP contribution in [-0.2, 0) is 7.05 Å². The first kappa shape index (κ1) is 10.2. The summed E-state index contributed by atoms with van der Waals surface area (Å²) in [5, 5.41) is 3.24. The minimum Gasteiger partial charge on any atom is -0.334 e. The van der Waals surface area contributed by atoms with Gasteiger partial charge in [0.15, 0.2) is 5.78 Å². The lowest BCUT2D eigenvalue weighted by Crippen LogP contribution is -2.02. The third kappa shape index (κ3) is 1.74. The van der Waals surface area contributed by atoms with E-state index in [0.29, 0.717) is 5.56 Å². The highest BCUT2D eigenvalue weighted by atomic mass is 16.1. The summed E-state index contributed by atoms with van der Waals surface area (Å²) in [6, 6.07) is 5.23. The normalized spacial score (nSPS) is 10.1. The molecule has 0 aliphatic rings. The number of aromatic nitrogens is 2. The van der Waals surface area contributed by atoms with Crippen molar-refractivity contribution in [3.05, 3.63) is 40.5 Å². The summed E-state index contributed by atoms with van der Waals surface area (Å²) in [5.74, 6) is -0.203. The fourth-order valence-corrected chi connectivity index (χ4v) is 1.50. The van der Waals surface area contributed by atoms with Crippen molar-refractivity contribution >= 4 is 16.8 Å². The Labute approximate surface area is 91.1 Å². The lowest BCUT2D eigenvalue weighted by atomic mass is 10.1. The van der Waals surface area contributed by atoms with Gasteiger partial charge < -0.3 is 4.57 Å². The van der Waals surface area contributed by atoms with Crippen LogP contribution >= 0.6 is 0 Å². The smallest absolute Gasteiger partial charge is 0.168 e. The van der Waals surface area contributed by atoms with E-state index in [9.17, 15) is 4.79 Å². The van der Waals surface area contributed by atoms with E-state index in [2.05, 4.69) is 15.0 Å². The monoisotopic (exact) mass is 215 g/mol. The van der Waals surface area contributed by atoms with Gasteiger partial charge in [-0.15, -0.1) is 0 Å². The summed E-state index contributed by atoms with van der Waals surface area (Å²) in [5.41, 5.74) is 10.4. The number of imidazole rings is 1. The van der Waals surface area contributed by atoms with Crippen molar-refractivity contribution < 1.29 is 4.79 Å². The zero-order chi connectivity index (χ0) is 11.5. The molecule has 0 unspecified atom stereocenters. The zero-order valence-corrected chi connectivity index (χ0v) is 8.66. The van der Waals surface area contributed by atoms with Gasteiger partial charge in [0.25, 0.3) is 0 Å². The highest BCUT2D eigenvalue weighted by Crippen LogP contribution is 2.14. The van der Waals surface area contributed by atoms with Crippen LogP contribution in [0.2, 0.25) is 0 Å². The summed E-state index contributed by atoms with van der Waals surface area (Å²) < 4.78 is 1.87. The van der Waals surface area contributed by atoms with Gasteiger partial charge in [-0.1, -0.05) is 5.11 Å². The van der Waals surface area contributed by atoms with Crippen molar-refractivity contribution in [2.24, 2.45) is 12.2 Å². The third-order valence-electron chi connectivity index (χ3n) is 2.32. The van der Waals surface area contributed by atoms with Crippen LogP contribution in [0.25, 0.3) is 21.5 Å². The maximum atomic E-state index is 11.6. The number of hydrogen-bond acceptors (Lipinski definition) is 3. The van der Waals surface area contributed by atoms with Gasteiger partial charge in [-0.25, -0.2) is 4.98 Å². The molecule has 6 nitrogen and oxygen atoms in total. The fraction of sp³-hybridized carbons (Fsp3) is 0.200. The van der Waals surface area contributed by atoms with Crippen LogP contribution in [-0.4, -0.2) is 21.9 Å². The molecule has 1 heterocycles. The molecular weight excluding hydrogens is 206 g/mol. The Morgan fingerprint density at radius 3 is 3.19 bits per heavy atom. The van der Waals surface area contributed by atoms with E-state index < -0.39 is 0 Å². The molecule has 0 saturated carbocycles. The summed E-state index contributed by atoms with van der Waals surface area (Å²) >= 11 is 0. The molecule has 0 N–H and O–H groups in total. The zero-order valence-electron chi connectivity index (χ0n) is 8.66. The molecule has 0 atom stereocenters. The Hall–Kier alpha value is -2.33. The van der Waals surface area contributed by atoms with E-state index in [1.54, 1.807) is 18.5 Å². The van der Waals surface area contributed by atoms with E-state index in [1.165, 1.54) is 0 Å². The fourth-order valence-electron chi connectivity index (χ4n) is 1.50. The molecule has 2 rings (SSSR count). The second-order valence-electron chi connectivity index (χ2n) is 3.37. The predicted molar refractivity (Wildman–Crippen MR) is 59.1 cm³/mol. The average molecular weight is 215 g/mol. The Bertz CT molecular complexity index is 594. The number of azide groups is 1. The second-order valence-corrected chi connectivity index (χ2v) is 3.37. The Kier molecular flexibility index (Phi) is 2.57. The molecule has 1 aromatic heterocycles. The Balaban J connectivity index is 2.39. The number of carbonyl (C=O) groups is 1. The minimum atomic E-state index is -0.203. The van der Waals surface area contributed by atoms with Gasteiger partial charge in [0.05, 0.1) is 23.9 Å². The number of hydrogen-bond donors (Lipinski definition) is 0. The summed E-state index contributed by atoms with van der Waals surface area (Å²) in [7, 11) is 1.89. The number of ketones is 1. The van der Waals surface area contributed by atoms with Gasteiger partial charge in [-0.05, 0) is 23.7 Å². The van der Waals surface area contributed by atoms with Gasteiger partial charge in [0, 0.05) is 17.5 Å². The lowest BCUT2D eigenvalue weighted by molar-refractivity contribution is 0.100. The lowest BCUT2D eigenvalue weighted by Gasteiger charge is -1.98. The quantitative estimate of drug-likeness (QED) is 0.339. The molecule has 0 radical (unpaired) electrons.